The molecule has 0 unspecified atom stereocenters. The highest BCUT2D eigenvalue weighted by atomic mass is 19.1. The molecule has 28 heavy (non-hydrogen) atoms. The van der Waals surface area contributed by atoms with Crippen molar-refractivity contribution in [3.8, 4) is 5.75 Å². The van der Waals surface area contributed by atoms with Crippen molar-refractivity contribution < 1.29 is 27.5 Å². The third-order valence-corrected chi connectivity index (χ3v) is 4.02. The van der Waals surface area contributed by atoms with Crippen LogP contribution in [-0.4, -0.2) is 29.3 Å². The topological polar surface area (TPSA) is 68.3 Å². The molecule has 0 saturated heterocycles. The summed E-state index contributed by atoms with van der Waals surface area (Å²) in [7, 11) is 0. The zero-order valence-corrected chi connectivity index (χ0v) is 15.4. The van der Waals surface area contributed by atoms with Crippen LogP contribution in [0.5, 0.6) is 5.75 Å². The van der Waals surface area contributed by atoms with E-state index in [0.29, 0.717) is 12.8 Å². The molecule has 8 heteroatoms. The van der Waals surface area contributed by atoms with Crippen LogP contribution in [0.3, 0.4) is 0 Å². The van der Waals surface area contributed by atoms with Crippen LogP contribution in [0.2, 0.25) is 0 Å². The number of amides is 1. The number of para-hydroxylation sites is 1. The van der Waals surface area contributed by atoms with Gasteiger partial charge in [0.15, 0.2) is 23.2 Å². The van der Waals surface area contributed by atoms with E-state index in [1.54, 1.807) is 0 Å². The summed E-state index contributed by atoms with van der Waals surface area (Å²) >= 11 is 0. The number of carbonyl (C=O) groups is 2. The number of halogens is 3. The Bertz CT molecular complexity index is 810. The molecule has 0 radical (unpaired) electrons. The first kappa shape index (κ1) is 21.4. The maximum absolute atomic E-state index is 13.6. The standard InChI is InChI=1S/C20H21F3N2O3/c1-2-3-4-9-15(25-20(27)16-10-6-11-18(23)24-16)17(26)12-28-19-13(21)7-5-8-14(19)22/h5-8,10-11,15H,2-4,9,12H2,1H3,(H,25,27)/t15-/m0/s1. The van der Waals surface area contributed by atoms with E-state index in [-0.39, 0.29) is 5.69 Å². The van der Waals surface area contributed by atoms with Gasteiger partial charge in [0.05, 0.1) is 6.04 Å². The lowest BCUT2D eigenvalue weighted by Gasteiger charge is -2.18. The van der Waals surface area contributed by atoms with Gasteiger partial charge in [-0.3, -0.25) is 9.59 Å². The molecular formula is C20H21F3N2O3. The normalized spacial score (nSPS) is 11.7. The van der Waals surface area contributed by atoms with Gasteiger partial charge in [0, 0.05) is 0 Å². The summed E-state index contributed by atoms with van der Waals surface area (Å²) in [6.45, 7) is 1.36. The number of nitrogens with zero attached hydrogens (tertiary/aromatic N) is 1. The number of carbonyl (C=O) groups excluding carboxylic acids is 2. The van der Waals surface area contributed by atoms with Gasteiger partial charge in [-0.05, 0) is 30.7 Å². The van der Waals surface area contributed by atoms with E-state index >= 15 is 0 Å². The average Bonchev–Trinajstić information content (AvgIpc) is 2.66. The molecule has 2 rings (SSSR count). The lowest BCUT2D eigenvalue weighted by molar-refractivity contribution is -0.123. The van der Waals surface area contributed by atoms with Gasteiger partial charge in [0.25, 0.3) is 5.91 Å². The Kier molecular flexibility index (Phi) is 7.98. The van der Waals surface area contributed by atoms with Crippen molar-refractivity contribution in [3.05, 3.63) is 59.7 Å². The third-order valence-electron chi connectivity index (χ3n) is 4.02. The smallest absolute Gasteiger partial charge is 0.270 e. The van der Waals surface area contributed by atoms with Crippen LogP contribution in [0.15, 0.2) is 36.4 Å². The molecule has 5 nitrogen and oxygen atoms in total. The number of rotatable bonds is 10. The van der Waals surface area contributed by atoms with Crippen molar-refractivity contribution in [2.24, 2.45) is 0 Å². The lowest BCUT2D eigenvalue weighted by atomic mass is 10.0. The van der Waals surface area contributed by atoms with Crippen molar-refractivity contribution in [2.45, 2.75) is 38.6 Å². The number of ketones is 1. The average molecular weight is 394 g/mol. The number of Topliss-reactive ketones (excluding diaryl/α,β-unsaturated/α-hetero) is 1. The maximum atomic E-state index is 13.6. The fourth-order valence-electron chi connectivity index (χ4n) is 2.54. The van der Waals surface area contributed by atoms with Gasteiger partial charge in [-0.1, -0.05) is 38.3 Å². The Hall–Kier alpha value is -2.90. The SMILES string of the molecule is CCCCC[C@H](NC(=O)c1cccc(F)n1)C(=O)COc1c(F)cccc1F. The Morgan fingerprint density at radius 2 is 1.75 bits per heavy atom. The number of hydrogen-bond acceptors (Lipinski definition) is 4. The van der Waals surface area contributed by atoms with Crippen molar-refractivity contribution in [1.29, 1.82) is 0 Å². The van der Waals surface area contributed by atoms with Gasteiger partial charge < -0.3 is 10.1 Å². The monoisotopic (exact) mass is 394 g/mol. The van der Waals surface area contributed by atoms with Gasteiger partial charge in [0.1, 0.15) is 12.3 Å². The Morgan fingerprint density at radius 3 is 2.39 bits per heavy atom. The van der Waals surface area contributed by atoms with Crippen LogP contribution < -0.4 is 10.1 Å². The number of nitrogens with one attached hydrogen (secondary N) is 1. The van der Waals surface area contributed by atoms with Gasteiger partial charge >= 0.3 is 0 Å². The molecule has 0 saturated carbocycles. The Balaban J connectivity index is 2.06. The molecule has 1 aromatic carbocycles. The van der Waals surface area contributed by atoms with Crippen LogP contribution in [-0.2, 0) is 4.79 Å². The fourth-order valence-corrected chi connectivity index (χ4v) is 2.54. The number of benzene rings is 1. The Morgan fingerprint density at radius 1 is 1.07 bits per heavy atom. The summed E-state index contributed by atoms with van der Waals surface area (Å²) in [4.78, 5) is 28.2. The molecule has 0 bridgehead atoms. The second kappa shape index (κ2) is 10.4. The largest absolute Gasteiger partial charge is 0.480 e. The minimum absolute atomic E-state index is 0.172. The van der Waals surface area contributed by atoms with Gasteiger partial charge in [0.2, 0.25) is 5.95 Å². The summed E-state index contributed by atoms with van der Waals surface area (Å²) < 4.78 is 45.5. The lowest BCUT2D eigenvalue weighted by Crippen LogP contribution is -2.43. The van der Waals surface area contributed by atoms with E-state index < -0.39 is 47.7 Å². The molecule has 0 aliphatic rings. The number of ether oxygens (including phenoxy) is 1. The molecule has 1 amide bonds. The summed E-state index contributed by atoms with van der Waals surface area (Å²) in [5.41, 5.74) is -0.172. The second-order valence-corrected chi connectivity index (χ2v) is 6.17. The van der Waals surface area contributed by atoms with Crippen LogP contribution >= 0.6 is 0 Å². The molecular weight excluding hydrogens is 373 g/mol. The number of unbranched alkanes of at least 4 members (excludes halogenated alkanes) is 2. The molecule has 1 heterocycles. The highest BCUT2D eigenvalue weighted by Gasteiger charge is 2.23. The molecule has 0 spiro atoms. The van der Waals surface area contributed by atoms with E-state index in [9.17, 15) is 22.8 Å². The van der Waals surface area contributed by atoms with E-state index in [2.05, 4.69) is 10.3 Å². The van der Waals surface area contributed by atoms with Crippen molar-refractivity contribution in [1.82, 2.24) is 10.3 Å². The highest BCUT2D eigenvalue weighted by molar-refractivity contribution is 5.96. The number of aromatic nitrogens is 1. The molecule has 2 aromatic rings. The van der Waals surface area contributed by atoms with Crippen molar-refractivity contribution >= 4 is 11.7 Å². The van der Waals surface area contributed by atoms with E-state index in [0.717, 1.165) is 31.0 Å². The van der Waals surface area contributed by atoms with Gasteiger partial charge in [-0.2, -0.15) is 4.39 Å². The quantitative estimate of drug-likeness (QED) is 0.491. The third kappa shape index (κ3) is 6.07. The number of hydrogen-bond donors (Lipinski definition) is 1. The van der Waals surface area contributed by atoms with Crippen LogP contribution in [0.4, 0.5) is 13.2 Å². The second-order valence-electron chi connectivity index (χ2n) is 6.17. The van der Waals surface area contributed by atoms with Crippen LogP contribution in [0.25, 0.3) is 0 Å². The zero-order chi connectivity index (χ0) is 20.5. The molecule has 0 aliphatic heterocycles. The highest BCUT2D eigenvalue weighted by Crippen LogP contribution is 2.21. The molecule has 0 aliphatic carbocycles. The predicted octanol–water partition coefficient (Wildman–Crippen LogP) is 3.83. The molecule has 150 valence electrons. The van der Waals surface area contributed by atoms with Crippen LogP contribution in [0.1, 0.15) is 43.1 Å². The van der Waals surface area contributed by atoms with E-state index in [4.69, 9.17) is 4.74 Å². The minimum Gasteiger partial charge on any atom is -0.480 e. The van der Waals surface area contributed by atoms with E-state index in [1.807, 2.05) is 6.92 Å². The number of pyridine rings is 1. The maximum Gasteiger partial charge on any atom is 0.270 e. The summed E-state index contributed by atoms with van der Waals surface area (Å²) in [5.74, 6) is -4.59. The van der Waals surface area contributed by atoms with E-state index in [1.165, 1.54) is 18.2 Å². The molecule has 1 N–H and O–H groups in total. The first-order valence-electron chi connectivity index (χ1n) is 8.95. The first-order valence-corrected chi connectivity index (χ1v) is 8.95. The summed E-state index contributed by atoms with van der Waals surface area (Å²) in [5, 5.41) is 2.50. The van der Waals surface area contributed by atoms with Crippen molar-refractivity contribution in [2.75, 3.05) is 6.61 Å². The van der Waals surface area contributed by atoms with Crippen molar-refractivity contribution in [3.63, 3.8) is 0 Å². The van der Waals surface area contributed by atoms with Crippen LogP contribution in [0, 0.1) is 17.6 Å². The summed E-state index contributed by atoms with van der Waals surface area (Å²) in [6.07, 6.45) is 2.70. The molecule has 1 aromatic heterocycles. The predicted molar refractivity (Wildman–Crippen MR) is 96.5 cm³/mol. The summed E-state index contributed by atoms with van der Waals surface area (Å²) in [6, 6.07) is 6.00. The minimum atomic E-state index is -0.945. The zero-order valence-electron chi connectivity index (χ0n) is 15.4. The first-order chi connectivity index (χ1) is 13.4. The Labute approximate surface area is 160 Å². The molecule has 0 fully saturated rings. The van der Waals surface area contributed by atoms with Gasteiger partial charge in [-0.15, -0.1) is 0 Å². The fraction of sp³-hybridized carbons (Fsp3) is 0.350. The van der Waals surface area contributed by atoms with Gasteiger partial charge in [-0.25, -0.2) is 13.8 Å². The molecule has 1 atom stereocenters.